The fourth-order valence-electron chi connectivity index (χ4n) is 3.03. The largest absolute Gasteiger partial charge is 0.319 e. The number of carbonyl (C=O) groups excluding carboxylic acids is 1. The minimum absolute atomic E-state index is 0.0877. The van der Waals surface area contributed by atoms with Crippen molar-refractivity contribution in [2.45, 2.75) is 13.8 Å². The molecule has 0 fully saturated rings. The summed E-state index contributed by atoms with van der Waals surface area (Å²) in [5.74, 6) is 0.292. The summed E-state index contributed by atoms with van der Waals surface area (Å²) in [6.45, 7) is 3.98. The number of nitrogens with zero attached hydrogens (tertiary/aromatic N) is 3. The Morgan fingerprint density at radius 3 is 2.48 bits per heavy atom. The van der Waals surface area contributed by atoms with Crippen LogP contribution in [-0.4, -0.2) is 20.7 Å². The zero-order valence-corrected chi connectivity index (χ0v) is 16.8. The number of amides is 1. The molecule has 0 saturated heterocycles. The maximum Gasteiger partial charge on any atom is 0.295 e. The van der Waals surface area contributed by atoms with Gasteiger partial charge < -0.3 is 5.32 Å². The smallest absolute Gasteiger partial charge is 0.295 e. The highest BCUT2D eigenvalue weighted by Crippen LogP contribution is 2.24. The number of benzene rings is 3. The van der Waals surface area contributed by atoms with Gasteiger partial charge in [-0.1, -0.05) is 60.1 Å². The van der Waals surface area contributed by atoms with E-state index in [9.17, 15) is 4.79 Å². The Balaban J connectivity index is 1.77. The third kappa shape index (κ3) is 3.91. The minimum Gasteiger partial charge on any atom is -0.319 e. The number of aryl methyl sites for hydroxylation is 1. The minimum atomic E-state index is -0.364. The van der Waals surface area contributed by atoms with E-state index in [1.807, 2.05) is 74.5 Å². The Kier molecular flexibility index (Phi) is 5.14. The first kappa shape index (κ1) is 18.9. The Bertz CT molecular complexity index is 1180. The summed E-state index contributed by atoms with van der Waals surface area (Å²) in [6.07, 6.45) is 0. The molecule has 0 spiro atoms. The molecule has 3 aromatic carbocycles. The zero-order chi connectivity index (χ0) is 20.4. The average Bonchev–Trinajstić information content (AvgIpc) is 3.18. The van der Waals surface area contributed by atoms with Gasteiger partial charge in [-0.3, -0.25) is 4.79 Å². The standard InChI is InChI=1S/C23H19ClN4O/c1-15-8-6-13-20(16(15)2)25-23(29)21-26-22(17-9-4-3-5-10-17)28(27-21)19-12-7-11-18(24)14-19/h3-14H,1-2H3,(H,25,29). The first-order valence-corrected chi connectivity index (χ1v) is 9.57. The molecule has 29 heavy (non-hydrogen) atoms. The second kappa shape index (κ2) is 7.89. The second-order valence-corrected chi connectivity index (χ2v) is 7.15. The van der Waals surface area contributed by atoms with Crippen molar-refractivity contribution >= 4 is 23.2 Å². The number of anilines is 1. The van der Waals surface area contributed by atoms with Crippen molar-refractivity contribution in [2.75, 3.05) is 5.32 Å². The van der Waals surface area contributed by atoms with Gasteiger partial charge in [0, 0.05) is 16.3 Å². The molecular weight excluding hydrogens is 384 g/mol. The topological polar surface area (TPSA) is 59.8 Å². The fourth-order valence-corrected chi connectivity index (χ4v) is 3.22. The Morgan fingerprint density at radius 1 is 0.966 bits per heavy atom. The van der Waals surface area contributed by atoms with Crippen LogP contribution in [0.2, 0.25) is 5.02 Å². The van der Waals surface area contributed by atoms with Crippen molar-refractivity contribution in [3.8, 4) is 17.1 Å². The lowest BCUT2D eigenvalue weighted by Crippen LogP contribution is -2.15. The molecule has 1 amide bonds. The van der Waals surface area contributed by atoms with E-state index in [1.54, 1.807) is 16.8 Å². The van der Waals surface area contributed by atoms with Gasteiger partial charge in [-0.2, -0.15) is 0 Å². The predicted octanol–water partition coefficient (Wildman–Crippen LogP) is 5.46. The normalized spacial score (nSPS) is 10.7. The fraction of sp³-hybridized carbons (Fsp3) is 0.0870. The highest BCUT2D eigenvalue weighted by atomic mass is 35.5. The molecular formula is C23H19ClN4O. The van der Waals surface area contributed by atoms with Crippen LogP contribution in [0.4, 0.5) is 5.69 Å². The molecule has 0 atom stereocenters. The lowest BCUT2D eigenvalue weighted by Gasteiger charge is -2.08. The number of hydrogen-bond donors (Lipinski definition) is 1. The Morgan fingerprint density at radius 2 is 1.72 bits per heavy atom. The number of halogens is 1. The van der Waals surface area contributed by atoms with Crippen LogP contribution in [0.1, 0.15) is 21.7 Å². The number of hydrogen-bond acceptors (Lipinski definition) is 3. The first-order chi connectivity index (χ1) is 14.0. The third-order valence-corrected chi connectivity index (χ3v) is 4.98. The van der Waals surface area contributed by atoms with Crippen molar-refractivity contribution < 1.29 is 4.79 Å². The maximum absolute atomic E-state index is 12.9. The highest BCUT2D eigenvalue weighted by molar-refractivity contribution is 6.30. The number of nitrogens with one attached hydrogen (secondary N) is 1. The van der Waals surface area contributed by atoms with Crippen LogP contribution in [-0.2, 0) is 0 Å². The van der Waals surface area contributed by atoms with Crippen LogP contribution in [0.15, 0.2) is 72.8 Å². The van der Waals surface area contributed by atoms with E-state index in [-0.39, 0.29) is 11.7 Å². The van der Waals surface area contributed by atoms with Crippen LogP contribution in [0, 0.1) is 13.8 Å². The predicted molar refractivity (Wildman–Crippen MR) is 116 cm³/mol. The SMILES string of the molecule is Cc1cccc(NC(=O)c2nc(-c3ccccc3)n(-c3cccc(Cl)c3)n2)c1C. The molecule has 5 nitrogen and oxygen atoms in total. The van der Waals surface area contributed by atoms with Crippen LogP contribution in [0.3, 0.4) is 0 Å². The second-order valence-electron chi connectivity index (χ2n) is 6.72. The van der Waals surface area contributed by atoms with Crippen LogP contribution in [0.25, 0.3) is 17.1 Å². The molecule has 1 heterocycles. The van der Waals surface area contributed by atoms with Gasteiger partial charge in [0.25, 0.3) is 5.91 Å². The summed E-state index contributed by atoms with van der Waals surface area (Å²) in [6, 6.07) is 22.7. The zero-order valence-electron chi connectivity index (χ0n) is 16.1. The highest BCUT2D eigenvalue weighted by Gasteiger charge is 2.19. The van der Waals surface area contributed by atoms with Gasteiger partial charge in [0.2, 0.25) is 5.82 Å². The van der Waals surface area contributed by atoms with Gasteiger partial charge in [0.15, 0.2) is 5.82 Å². The quantitative estimate of drug-likeness (QED) is 0.493. The van der Waals surface area contributed by atoms with Gasteiger partial charge in [-0.05, 0) is 49.2 Å². The molecule has 4 rings (SSSR count). The molecule has 0 bridgehead atoms. The van der Waals surface area contributed by atoms with E-state index in [0.717, 1.165) is 28.1 Å². The van der Waals surface area contributed by atoms with Crippen molar-refractivity contribution in [1.29, 1.82) is 0 Å². The van der Waals surface area contributed by atoms with E-state index < -0.39 is 0 Å². The lowest BCUT2D eigenvalue weighted by molar-refractivity contribution is 0.101. The lowest BCUT2D eigenvalue weighted by atomic mass is 10.1. The van der Waals surface area contributed by atoms with E-state index in [4.69, 9.17) is 11.6 Å². The van der Waals surface area contributed by atoms with E-state index >= 15 is 0 Å². The van der Waals surface area contributed by atoms with Gasteiger partial charge in [0.1, 0.15) is 0 Å². The van der Waals surface area contributed by atoms with Gasteiger partial charge >= 0.3 is 0 Å². The molecule has 0 unspecified atom stereocenters. The monoisotopic (exact) mass is 402 g/mol. The third-order valence-electron chi connectivity index (χ3n) is 4.75. The first-order valence-electron chi connectivity index (χ1n) is 9.19. The molecule has 6 heteroatoms. The Labute approximate surface area is 174 Å². The van der Waals surface area contributed by atoms with Crippen molar-refractivity contribution in [2.24, 2.45) is 0 Å². The van der Waals surface area contributed by atoms with E-state index in [0.29, 0.717) is 10.8 Å². The van der Waals surface area contributed by atoms with Crippen molar-refractivity contribution in [3.63, 3.8) is 0 Å². The summed E-state index contributed by atoms with van der Waals surface area (Å²) in [4.78, 5) is 17.4. The van der Waals surface area contributed by atoms with Crippen LogP contribution >= 0.6 is 11.6 Å². The molecule has 0 saturated carbocycles. The summed E-state index contributed by atoms with van der Waals surface area (Å²) in [5, 5.41) is 7.98. The molecule has 0 aliphatic rings. The molecule has 0 aliphatic carbocycles. The van der Waals surface area contributed by atoms with E-state index in [2.05, 4.69) is 15.4 Å². The summed E-state index contributed by atoms with van der Waals surface area (Å²) >= 11 is 6.16. The summed E-state index contributed by atoms with van der Waals surface area (Å²) < 4.78 is 1.64. The van der Waals surface area contributed by atoms with Gasteiger partial charge in [0.05, 0.1) is 5.69 Å². The number of aromatic nitrogens is 3. The van der Waals surface area contributed by atoms with Crippen LogP contribution in [0.5, 0.6) is 0 Å². The van der Waals surface area contributed by atoms with Gasteiger partial charge in [-0.25, -0.2) is 9.67 Å². The van der Waals surface area contributed by atoms with Crippen LogP contribution < -0.4 is 5.32 Å². The molecule has 0 radical (unpaired) electrons. The summed E-state index contributed by atoms with van der Waals surface area (Å²) in [7, 11) is 0. The molecule has 0 aliphatic heterocycles. The average molecular weight is 403 g/mol. The summed E-state index contributed by atoms with van der Waals surface area (Å²) in [5.41, 5.74) is 4.44. The molecule has 4 aromatic rings. The van der Waals surface area contributed by atoms with E-state index in [1.165, 1.54) is 0 Å². The maximum atomic E-state index is 12.9. The molecule has 1 N–H and O–H groups in total. The number of rotatable bonds is 4. The van der Waals surface area contributed by atoms with Crippen molar-refractivity contribution in [1.82, 2.24) is 14.8 Å². The molecule has 1 aromatic heterocycles. The number of carbonyl (C=O) groups is 1. The van der Waals surface area contributed by atoms with Crippen molar-refractivity contribution in [3.05, 3.63) is 94.8 Å². The molecule has 144 valence electrons. The van der Waals surface area contributed by atoms with Gasteiger partial charge in [-0.15, -0.1) is 5.10 Å². The Hall–Kier alpha value is -3.44.